The van der Waals surface area contributed by atoms with Crippen molar-refractivity contribution in [1.82, 2.24) is 14.5 Å². The van der Waals surface area contributed by atoms with E-state index in [4.69, 9.17) is 23.2 Å². The van der Waals surface area contributed by atoms with Gasteiger partial charge < -0.3 is 10.2 Å². The summed E-state index contributed by atoms with van der Waals surface area (Å²) in [5.74, 6) is -0.798. The number of halogens is 2. The van der Waals surface area contributed by atoms with E-state index in [0.29, 0.717) is 33.3 Å². The Morgan fingerprint density at radius 2 is 1.65 bits per heavy atom. The highest BCUT2D eigenvalue weighted by molar-refractivity contribution is 7.90. The van der Waals surface area contributed by atoms with Gasteiger partial charge in [0, 0.05) is 42.3 Å². The van der Waals surface area contributed by atoms with E-state index in [1.54, 1.807) is 31.2 Å². The van der Waals surface area contributed by atoms with Crippen molar-refractivity contribution in [2.75, 3.05) is 24.9 Å². The van der Waals surface area contributed by atoms with Crippen molar-refractivity contribution in [1.29, 1.82) is 0 Å². The molecular weight excluding hydrogens is 571 g/mol. The Hall–Kier alpha value is -2.33. The topological polar surface area (TPSA) is 90.0 Å². The molecule has 0 heterocycles. The molecule has 1 saturated carbocycles. The summed E-state index contributed by atoms with van der Waals surface area (Å²) < 4.78 is 29.2. The second kappa shape index (κ2) is 14.0. The molecular formula is C29H40Cl2N4O4S. The Labute approximate surface area is 248 Å². The van der Waals surface area contributed by atoms with Gasteiger partial charge in [0.25, 0.3) is 0 Å². The molecule has 0 bridgehead atoms. The number of hydrogen-bond donors (Lipinski definition) is 1. The van der Waals surface area contributed by atoms with Gasteiger partial charge in [-0.2, -0.15) is 12.7 Å². The normalized spacial score (nSPS) is 15.1. The van der Waals surface area contributed by atoms with E-state index in [1.807, 2.05) is 26.0 Å². The van der Waals surface area contributed by atoms with Crippen LogP contribution in [-0.4, -0.2) is 62.2 Å². The minimum atomic E-state index is -4.06. The van der Waals surface area contributed by atoms with Crippen LogP contribution in [0, 0.1) is 13.8 Å². The molecule has 1 N–H and O–H groups in total. The largest absolute Gasteiger partial charge is 0.352 e. The molecule has 0 spiro atoms. The molecule has 2 aromatic rings. The molecule has 1 aliphatic carbocycles. The maximum absolute atomic E-state index is 14.2. The van der Waals surface area contributed by atoms with Gasteiger partial charge in [-0.1, -0.05) is 67.6 Å². The molecule has 0 unspecified atom stereocenters. The van der Waals surface area contributed by atoms with E-state index < -0.39 is 28.7 Å². The Morgan fingerprint density at radius 3 is 2.23 bits per heavy atom. The zero-order valence-electron chi connectivity index (χ0n) is 23.9. The molecule has 2 aromatic carbocycles. The molecule has 0 saturated heterocycles. The van der Waals surface area contributed by atoms with Crippen molar-refractivity contribution < 1.29 is 18.0 Å². The second-order valence-corrected chi connectivity index (χ2v) is 13.5. The van der Waals surface area contributed by atoms with Crippen LogP contribution in [0.25, 0.3) is 0 Å². The number of anilines is 1. The zero-order chi connectivity index (χ0) is 29.6. The molecule has 220 valence electrons. The Bertz CT molecular complexity index is 1290. The van der Waals surface area contributed by atoms with Crippen LogP contribution in [0.2, 0.25) is 10.0 Å². The van der Waals surface area contributed by atoms with Gasteiger partial charge in [-0.3, -0.25) is 9.59 Å². The summed E-state index contributed by atoms with van der Waals surface area (Å²) in [6.45, 7) is 4.94. The number of amides is 2. The molecule has 40 heavy (non-hydrogen) atoms. The predicted molar refractivity (Wildman–Crippen MR) is 162 cm³/mol. The Morgan fingerprint density at radius 1 is 1.02 bits per heavy atom. The molecule has 11 heteroatoms. The van der Waals surface area contributed by atoms with Crippen molar-refractivity contribution in [3.05, 3.63) is 63.1 Å². The summed E-state index contributed by atoms with van der Waals surface area (Å²) in [4.78, 5) is 29.2. The average molecular weight is 612 g/mol. The van der Waals surface area contributed by atoms with Crippen molar-refractivity contribution in [3.8, 4) is 0 Å². The summed E-state index contributed by atoms with van der Waals surface area (Å²) in [6, 6.07) is 9.71. The first-order chi connectivity index (χ1) is 18.9. The average Bonchev–Trinajstić information content (AvgIpc) is 2.90. The van der Waals surface area contributed by atoms with Crippen molar-refractivity contribution in [3.63, 3.8) is 0 Å². The predicted octanol–water partition coefficient (Wildman–Crippen LogP) is 5.48. The highest BCUT2D eigenvalue weighted by Crippen LogP contribution is 2.29. The van der Waals surface area contributed by atoms with Crippen LogP contribution < -0.4 is 9.62 Å². The number of aryl methyl sites for hydroxylation is 2. The molecule has 0 aromatic heterocycles. The molecule has 3 rings (SSSR count). The van der Waals surface area contributed by atoms with Crippen LogP contribution in [0.15, 0.2) is 36.4 Å². The van der Waals surface area contributed by atoms with Gasteiger partial charge in [0.1, 0.15) is 12.6 Å². The number of carbonyl (C=O) groups is 2. The van der Waals surface area contributed by atoms with E-state index >= 15 is 0 Å². The fraction of sp³-hybridized carbons (Fsp3) is 0.517. The maximum Gasteiger partial charge on any atom is 0.304 e. The summed E-state index contributed by atoms with van der Waals surface area (Å²) in [6.07, 6.45) is 5.37. The first-order valence-corrected chi connectivity index (χ1v) is 15.8. The quantitative estimate of drug-likeness (QED) is 0.365. The number of hydrogen-bond acceptors (Lipinski definition) is 4. The van der Waals surface area contributed by atoms with Gasteiger partial charge in [-0.05, 0) is 62.4 Å². The SMILES string of the molecule is CC[C@@H](C(=O)NC1CCCCC1)N(Cc1c(Cl)cccc1Cl)C(=O)CN(c1cc(C)ccc1C)S(=O)(=O)N(C)C. The van der Waals surface area contributed by atoms with Crippen molar-refractivity contribution in [2.45, 2.75) is 77.9 Å². The third-order valence-electron chi connectivity index (χ3n) is 7.38. The van der Waals surface area contributed by atoms with E-state index in [-0.39, 0.29) is 18.5 Å². The minimum absolute atomic E-state index is 0.0451. The summed E-state index contributed by atoms with van der Waals surface area (Å²) in [5.41, 5.74) is 2.45. The number of rotatable bonds is 11. The fourth-order valence-electron chi connectivity index (χ4n) is 5.01. The first-order valence-electron chi connectivity index (χ1n) is 13.7. The summed E-state index contributed by atoms with van der Waals surface area (Å²) in [5, 5.41) is 3.85. The second-order valence-electron chi connectivity index (χ2n) is 10.6. The summed E-state index contributed by atoms with van der Waals surface area (Å²) in [7, 11) is -1.21. The summed E-state index contributed by atoms with van der Waals surface area (Å²) >= 11 is 13.0. The lowest BCUT2D eigenvalue weighted by molar-refractivity contribution is -0.140. The highest BCUT2D eigenvalue weighted by Gasteiger charge is 2.35. The minimum Gasteiger partial charge on any atom is -0.352 e. The number of nitrogens with one attached hydrogen (secondary N) is 1. The zero-order valence-corrected chi connectivity index (χ0v) is 26.2. The lowest BCUT2D eigenvalue weighted by Crippen LogP contribution is -2.54. The van der Waals surface area contributed by atoms with Crippen LogP contribution in [0.5, 0.6) is 0 Å². The van der Waals surface area contributed by atoms with Crippen molar-refractivity contribution in [2.24, 2.45) is 0 Å². The number of carbonyl (C=O) groups excluding carboxylic acids is 2. The van der Waals surface area contributed by atoms with E-state index in [2.05, 4.69) is 5.32 Å². The molecule has 0 radical (unpaired) electrons. The standard InChI is InChI=1S/C29H40Cl2N4O4S/c1-6-26(29(37)32-22-11-8-7-9-12-22)34(18-23-24(30)13-10-14-25(23)31)28(36)19-35(40(38,39)33(4)5)27-17-20(2)15-16-21(27)3/h10,13-17,22,26H,6-9,11-12,18-19H2,1-5H3,(H,32,37)/t26-/m0/s1. The van der Waals surface area contributed by atoms with E-state index in [9.17, 15) is 18.0 Å². The van der Waals surface area contributed by atoms with Gasteiger partial charge in [-0.15, -0.1) is 0 Å². The van der Waals surface area contributed by atoms with Crippen LogP contribution in [0.4, 0.5) is 5.69 Å². The van der Waals surface area contributed by atoms with Gasteiger partial charge in [0.2, 0.25) is 11.8 Å². The van der Waals surface area contributed by atoms with Gasteiger partial charge >= 0.3 is 10.2 Å². The highest BCUT2D eigenvalue weighted by atomic mass is 35.5. The van der Waals surface area contributed by atoms with Gasteiger partial charge in [-0.25, -0.2) is 4.31 Å². The van der Waals surface area contributed by atoms with Crippen LogP contribution in [0.3, 0.4) is 0 Å². The first kappa shape index (κ1) is 32.2. The van der Waals surface area contributed by atoms with Gasteiger partial charge in [0.05, 0.1) is 5.69 Å². The Balaban J connectivity index is 2.04. The van der Waals surface area contributed by atoms with Gasteiger partial charge in [0.15, 0.2) is 0 Å². The van der Waals surface area contributed by atoms with Crippen LogP contribution in [-0.2, 0) is 26.3 Å². The van der Waals surface area contributed by atoms with Crippen LogP contribution >= 0.6 is 23.2 Å². The number of nitrogens with zero attached hydrogens (tertiary/aromatic N) is 3. The Kier molecular flexibility index (Phi) is 11.3. The maximum atomic E-state index is 14.2. The molecule has 1 aliphatic rings. The molecule has 0 aliphatic heterocycles. The van der Waals surface area contributed by atoms with Crippen molar-refractivity contribution >= 4 is 50.9 Å². The molecule has 8 nitrogen and oxygen atoms in total. The van der Waals surface area contributed by atoms with E-state index in [0.717, 1.165) is 46.3 Å². The number of benzene rings is 2. The fourth-order valence-corrected chi connectivity index (χ4v) is 6.64. The third-order valence-corrected chi connectivity index (χ3v) is 9.89. The monoisotopic (exact) mass is 610 g/mol. The third kappa shape index (κ3) is 7.69. The lowest BCUT2D eigenvalue weighted by atomic mass is 9.95. The lowest BCUT2D eigenvalue weighted by Gasteiger charge is -2.35. The smallest absolute Gasteiger partial charge is 0.304 e. The van der Waals surface area contributed by atoms with E-state index in [1.165, 1.54) is 19.0 Å². The molecule has 1 atom stereocenters. The van der Waals surface area contributed by atoms with Crippen LogP contribution in [0.1, 0.15) is 62.1 Å². The molecule has 1 fully saturated rings. The molecule has 2 amide bonds.